The number of carbonyl (C=O) groups excluding carboxylic acids is 4. The van der Waals surface area contributed by atoms with E-state index in [0.717, 1.165) is 160 Å². The predicted octanol–water partition coefficient (Wildman–Crippen LogP) is 13.3. The van der Waals surface area contributed by atoms with Crippen LogP contribution in [0.1, 0.15) is 77.6 Å². The Kier molecular flexibility index (Phi) is 27.0. The van der Waals surface area contributed by atoms with Crippen LogP contribution in [-0.4, -0.2) is 209 Å². The molecule has 134 heavy (non-hydrogen) atoms. The Bertz CT molecular complexity index is 7200. The van der Waals surface area contributed by atoms with E-state index in [9.17, 15) is 37.3 Å². The minimum Gasteiger partial charge on any atom is -0.456 e. The van der Waals surface area contributed by atoms with E-state index >= 15 is 0 Å². The van der Waals surface area contributed by atoms with Gasteiger partial charge in [-0.05, 0) is 155 Å². The van der Waals surface area contributed by atoms with E-state index in [0.29, 0.717) is 74.8 Å². The van der Waals surface area contributed by atoms with E-state index in [4.69, 9.17) is 26.7 Å². The lowest BCUT2D eigenvalue weighted by Gasteiger charge is -2.29. The maximum Gasteiger partial charge on any atom is 0.276 e. The molecule has 15 heterocycles. The van der Waals surface area contributed by atoms with Crippen molar-refractivity contribution in [3.05, 3.63) is 284 Å². The smallest absolute Gasteiger partial charge is 0.276 e. The van der Waals surface area contributed by atoms with Gasteiger partial charge in [0.15, 0.2) is 11.4 Å². The van der Waals surface area contributed by atoms with Gasteiger partial charge in [-0.1, -0.05) is 42.5 Å². The van der Waals surface area contributed by atoms with E-state index in [-0.39, 0.29) is 66.0 Å². The van der Waals surface area contributed by atoms with Crippen LogP contribution in [0.4, 0.5) is 55.2 Å². The number of hydrogen-bond acceptors (Lipinski definition) is 27. The van der Waals surface area contributed by atoms with Crippen LogP contribution in [0.3, 0.4) is 0 Å². The highest BCUT2D eigenvalue weighted by atomic mass is 32.2. The molecule has 20 rings (SSSR count). The number of rotatable bonds is 22. The van der Waals surface area contributed by atoms with Crippen LogP contribution in [0.5, 0.6) is 11.5 Å². The highest BCUT2D eigenvalue weighted by Gasteiger charge is 2.38. The number of para-hydroxylation sites is 1. The monoisotopic (exact) mass is 1820 g/mol. The fraction of sp³-hybridized carbons (Fsp3) is 0.179. The molecule has 0 spiro atoms. The van der Waals surface area contributed by atoms with Gasteiger partial charge in [-0.3, -0.25) is 68.7 Å². The number of benzene rings is 5. The number of aromatic amines is 4. The zero-order valence-corrected chi connectivity index (χ0v) is 73.0. The van der Waals surface area contributed by atoms with Crippen molar-refractivity contribution < 1.29 is 46.7 Å². The number of likely N-dealkylation sites (tertiary alicyclic amines) is 2. The Labute approximate surface area is 764 Å². The topological polar surface area (TPSA) is 503 Å². The van der Waals surface area contributed by atoms with E-state index in [1.165, 1.54) is 49.6 Å². The van der Waals surface area contributed by atoms with Crippen LogP contribution in [0.25, 0.3) is 88.1 Å². The summed E-state index contributed by atoms with van der Waals surface area (Å²) in [6, 6.07) is 44.1. The maximum atomic E-state index is 13.6. The van der Waals surface area contributed by atoms with Crippen LogP contribution >= 0.6 is 0 Å². The van der Waals surface area contributed by atoms with Gasteiger partial charge in [0.1, 0.15) is 17.3 Å². The molecule has 3 fully saturated rings. The van der Waals surface area contributed by atoms with Crippen LogP contribution < -0.4 is 47.9 Å². The van der Waals surface area contributed by atoms with Gasteiger partial charge >= 0.3 is 0 Å². The van der Waals surface area contributed by atoms with Gasteiger partial charge in [0.05, 0.1) is 120 Å². The first kappa shape index (κ1) is 89.6. The molecule has 16 N–H and O–H groups in total. The summed E-state index contributed by atoms with van der Waals surface area (Å²) in [6.45, 7) is 7.30. The Hall–Kier alpha value is -16.3. The van der Waals surface area contributed by atoms with Crippen molar-refractivity contribution in [1.82, 2.24) is 99.9 Å². The Morgan fingerprint density at radius 3 is 1.31 bits per heavy atom. The molecule has 12 aromatic heterocycles. The number of hydrogen-bond donors (Lipinski definition) is 13. The van der Waals surface area contributed by atoms with Crippen LogP contribution in [0, 0.1) is 0 Å². The number of morpholine rings is 1. The lowest BCUT2D eigenvalue weighted by atomic mass is 10.0. The first-order valence-corrected chi connectivity index (χ1v) is 44.6. The van der Waals surface area contributed by atoms with Crippen molar-refractivity contribution >= 4 is 129 Å². The van der Waals surface area contributed by atoms with Gasteiger partial charge in [0, 0.05) is 185 Å². The van der Waals surface area contributed by atoms with Crippen LogP contribution in [0.15, 0.2) is 245 Å². The predicted molar refractivity (Wildman–Crippen MR) is 510 cm³/mol. The average Bonchev–Trinajstić information content (AvgIpc) is 1.62. The summed E-state index contributed by atoms with van der Waals surface area (Å²) in [5.74, 6) is 1.71. The first-order valence-electron chi connectivity index (χ1n) is 42.5. The molecule has 39 heteroatoms. The number of anilines is 8. The molecular weight excluding hydrogens is 1730 g/mol. The Morgan fingerprint density at radius 2 is 0.873 bits per heavy atom. The second-order valence-electron chi connectivity index (χ2n) is 32.2. The number of nitrogens with zero attached hydrogens (tertiary/aromatic N) is 16. The number of nitrogens with two attached hydrogens (primary N) is 3. The first-order chi connectivity index (χ1) is 64.9. The number of nitrogens with one attached hydrogen (secondary N) is 9. The number of alkyl halides is 2. The molecule has 3 aliphatic heterocycles. The summed E-state index contributed by atoms with van der Waals surface area (Å²) in [5.41, 5.74) is 33.5. The molecule has 1 atom stereocenters. The minimum absolute atomic E-state index is 0.129. The number of aromatic nitrogens is 17. The Morgan fingerprint density at radius 1 is 0.463 bits per heavy atom. The van der Waals surface area contributed by atoms with Crippen LogP contribution in [0.2, 0.25) is 0 Å². The number of pyridine rings is 5. The quantitative estimate of drug-likeness (QED) is 0.0280. The molecule has 36 nitrogen and oxygen atoms in total. The lowest BCUT2D eigenvalue weighted by molar-refractivity contribution is 0.0114. The van der Waals surface area contributed by atoms with Gasteiger partial charge < -0.3 is 63.0 Å². The van der Waals surface area contributed by atoms with Crippen molar-refractivity contribution in [3.8, 4) is 56.0 Å². The zero-order valence-electron chi connectivity index (χ0n) is 72.1. The van der Waals surface area contributed by atoms with Gasteiger partial charge in [0.2, 0.25) is 17.8 Å². The third-order valence-corrected chi connectivity index (χ3v) is 22.7. The Balaban J connectivity index is 0.000000125. The number of nitrogen functional groups attached to an aromatic ring is 3. The molecule has 0 saturated carbocycles. The summed E-state index contributed by atoms with van der Waals surface area (Å²) in [6.07, 6.45) is 30.6. The number of fused-ring (bicyclic) bond motifs is 4. The number of carbonyl (C=O) groups is 4. The molecule has 17 aromatic rings. The van der Waals surface area contributed by atoms with Crippen molar-refractivity contribution in [2.75, 3.05) is 102 Å². The average molecular weight is 1820 g/mol. The van der Waals surface area contributed by atoms with Gasteiger partial charge in [-0.15, -0.1) is 0 Å². The van der Waals surface area contributed by atoms with Crippen molar-refractivity contribution in [2.24, 2.45) is 0 Å². The number of aliphatic hydroxyl groups excluding tert-OH is 1. The lowest BCUT2D eigenvalue weighted by Crippen LogP contribution is -2.35. The van der Waals surface area contributed by atoms with Crippen molar-refractivity contribution in [2.45, 2.75) is 50.9 Å². The molecule has 4 amide bonds. The number of aliphatic hydroxyl groups is 1. The van der Waals surface area contributed by atoms with Crippen molar-refractivity contribution in [3.63, 3.8) is 0 Å². The third kappa shape index (κ3) is 22.9. The SMILES string of the molecule is C=S(C)(=O)Nc1ccc(NC(=O)c2n[nH]c3ccc(-c4cncc(CN5CCC(F)(F)C5)c4)cc23)cn1.Nc1ncc(NC(=O)c2c[nH]c3ccc(-c4cncc(CN5CCC(O)CC5)c4)cc23)cn1.Nc1ncc(NC(=O)c2c[nH]c3ccc(-c4cncc(CN5CCOCC5)c4)cc23)cn1.Nc1ncc(NC(=O)c2n[nH]c3ccc(-c4cncc(Oc5ccccc5)c4)cc23)cn1. The number of halogens is 2. The second kappa shape index (κ2) is 40.4. The molecule has 3 saturated heterocycles. The fourth-order valence-electron chi connectivity index (χ4n) is 15.5. The number of piperidine rings is 1. The summed E-state index contributed by atoms with van der Waals surface area (Å²) < 4.78 is 52.9. The normalized spacial score (nSPS) is 14.4. The molecule has 1 unspecified atom stereocenters. The largest absolute Gasteiger partial charge is 0.456 e. The van der Waals surface area contributed by atoms with Gasteiger partial charge in [-0.25, -0.2) is 47.9 Å². The maximum absolute atomic E-state index is 13.6. The zero-order chi connectivity index (χ0) is 92.8. The second-order valence-corrected chi connectivity index (χ2v) is 34.4. The summed E-state index contributed by atoms with van der Waals surface area (Å²) in [7, 11) is -2.46. The summed E-state index contributed by atoms with van der Waals surface area (Å²) >= 11 is 0. The van der Waals surface area contributed by atoms with E-state index in [1.807, 2.05) is 140 Å². The van der Waals surface area contributed by atoms with E-state index in [2.05, 4.69) is 139 Å². The molecule has 0 aliphatic carbocycles. The highest BCUT2D eigenvalue weighted by Crippen LogP contribution is 2.35. The molecule has 678 valence electrons. The van der Waals surface area contributed by atoms with E-state index in [1.54, 1.807) is 54.2 Å². The fourth-order valence-corrected chi connectivity index (χ4v) is 16.0. The van der Waals surface area contributed by atoms with Gasteiger partial charge in [0.25, 0.3) is 29.6 Å². The summed E-state index contributed by atoms with van der Waals surface area (Å²) in [4.78, 5) is 109. The minimum atomic E-state index is -2.64. The van der Waals surface area contributed by atoms with E-state index < -0.39 is 21.5 Å². The van der Waals surface area contributed by atoms with Gasteiger partial charge in [-0.2, -0.15) is 10.2 Å². The van der Waals surface area contributed by atoms with Crippen molar-refractivity contribution in [1.29, 1.82) is 0 Å². The molecule has 5 aromatic carbocycles. The number of H-pyrrole nitrogens is 4. The number of amides is 4. The molecular formula is C95H90F2N28O8S. The molecule has 0 bridgehead atoms. The standard InChI is InChI=1S/C25H25F2N7O2S.C24H25N7O2.C23H23N7O2.C23H17N7O2/c1-37(2,36)33-22-6-4-19(13-29-22)30-24(35)23-20-10-17(3-5-21(20)31-32-23)18-9-16(11-28-12-18)14-34-8-7-25(26,27)15-34;25-24-28-11-18(12-29-24)30-23(33)21-13-27-22-2-1-16(8-20(21)22)17-7-15(9-26-10-17)14-31-5-3-19(32)4-6-31;24-23-27-11-18(12-28-23)29-22(31)20-13-26-21-2-1-16(8-19(20)21)17-7-15(9-25-10-17)14-30-3-5-32-6-4-30;24-23-26-11-16(12-27-23)28-22(31)21-19-9-14(6-7-20(19)29-30-21)15-8-18(13-25-10-15)32-17-4-2-1-3-5-17/h3-6,9-13H,1,7-8,14-15H2,2H3,(H,30,35)(H,31,32)(H,29,33,36);1-2,7-13,19,27,32H,3-6,14H2,(H,30,33)(H2,25,28,29);1-2,7-13,26H,3-6,14H2,(H,29,31)(H2,24,27,28);1-13H,(H,28,31)(H,29,30)(H2,24,26,27). The molecule has 3 aliphatic rings. The highest BCUT2D eigenvalue weighted by molar-refractivity contribution is 8.00. The summed E-state index contributed by atoms with van der Waals surface area (Å²) in [5, 5.41) is 37.9. The molecule has 0 radical (unpaired) electrons. The third-order valence-electron chi connectivity index (χ3n) is 22.1. The number of ether oxygens (including phenoxy) is 2. The van der Waals surface area contributed by atoms with Crippen LogP contribution in [-0.2, 0) is 34.1 Å².